The first kappa shape index (κ1) is 16.1. The number of nitrogens with zero attached hydrogens (tertiary/aromatic N) is 3. The Bertz CT molecular complexity index is 804. The predicted molar refractivity (Wildman–Crippen MR) is 95.0 cm³/mol. The number of hydrogen-bond acceptors (Lipinski definition) is 5. The molecule has 6 nitrogen and oxygen atoms in total. The van der Waals surface area contributed by atoms with Gasteiger partial charge in [0.2, 0.25) is 0 Å². The number of urea groups is 1. The molecule has 0 spiro atoms. The van der Waals surface area contributed by atoms with E-state index in [4.69, 9.17) is 0 Å². The summed E-state index contributed by atoms with van der Waals surface area (Å²) in [7, 11) is 0. The Kier molecular flexibility index (Phi) is 5.12. The molecule has 0 saturated carbocycles. The third kappa shape index (κ3) is 4.14. The van der Waals surface area contributed by atoms with Crippen molar-refractivity contribution in [3.63, 3.8) is 0 Å². The molecule has 3 rings (SSSR count). The van der Waals surface area contributed by atoms with Crippen LogP contribution in [0.1, 0.15) is 11.3 Å². The van der Waals surface area contributed by atoms with Crippen LogP contribution in [0.4, 0.5) is 9.93 Å². The van der Waals surface area contributed by atoms with E-state index in [0.717, 1.165) is 28.1 Å². The SMILES string of the molecule is Cc1nc(NC(=O)NCCc2ccncc2)sc1-c1ccncc1. The molecule has 0 aliphatic rings. The summed E-state index contributed by atoms with van der Waals surface area (Å²) in [6, 6.07) is 7.48. The molecule has 0 fully saturated rings. The van der Waals surface area contributed by atoms with Gasteiger partial charge >= 0.3 is 6.03 Å². The van der Waals surface area contributed by atoms with Gasteiger partial charge in [-0.15, -0.1) is 0 Å². The molecule has 3 heterocycles. The highest BCUT2D eigenvalue weighted by Gasteiger charge is 2.11. The lowest BCUT2D eigenvalue weighted by Gasteiger charge is -2.05. The number of hydrogen-bond donors (Lipinski definition) is 2. The van der Waals surface area contributed by atoms with Gasteiger partial charge in [0.25, 0.3) is 0 Å². The minimum absolute atomic E-state index is 0.251. The molecule has 0 radical (unpaired) electrons. The molecule has 0 aliphatic carbocycles. The molecule has 0 bridgehead atoms. The van der Waals surface area contributed by atoms with Gasteiger partial charge in [-0.3, -0.25) is 15.3 Å². The van der Waals surface area contributed by atoms with Crippen LogP contribution in [-0.2, 0) is 6.42 Å². The topological polar surface area (TPSA) is 79.8 Å². The Labute approximate surface area is 144 Å². The maximum atomic E-state index is 12.0. The van der Waals surface area contributed by atoms with E-state index in [-0.39, 0.29) is 6.03 Å². The van der Waals surface area contributed by atoms with Gasteiger partial charge in [0.05, 0.1) is 10.6 Å². The van der Waals surface area contributed by atoms with Crippen molar-refractivity contribution in [3.05, 3.63) is 60.3 Å². The highest BCUT2D eigenvalue weighted by Crippen LogP contribution is 2.32. The number of rotatable bonds is 5. The summed E-state index contributed by atoms with van der Waals surface area (Å²) in [5.74, 6) is 0. The molecule has 7 heteroatoms. The summed E-state index contributed by atoms with van der Waals surface area (Å²) in [6.07, 6.45) is 7.73. The Morgan fingerprint density at radius 3 is 2.46 bits per heavy atom. The molecular weight excluding hydrogens is 322 g/mol. The third-order valence-electron chi connectivity index (χ3n) is 3.41. The summed E-state index contributed by atoms with van der Waals surface area (Å²) in [5, 5.41) is 6.21. The second-order valence-electron chi connectivity index (χ2n) is 5.16. The van der Waals surface area contributed by atoms with Crippen molar-refractivity contribution in [2.45, 2.75) is 13.3 Å². The number of carbonyl (C=O) groups is 1. The summed E-state index contributed by atoms with van der Waals surface area (Å²) in [6.45, 7) is 2.48. The van der Waals surface area contributed by atoms with Crippen molar-refractivity contribution in [3.8, 4) is 10.4 Å². The Hall–Kier alpha value is -2.80. The molecule has 3 aromatic rings. The summed E-state index contributed by atoms with van der Waals surface area (Å²) < 4.78 is 0. The van der Waals surface area contributed by atoms with Crippen molar-refractivity contribution in [2.75, 3.05) is 11.9 Å². The highest BCUT2D eigenvalue weighted by molar-refractivity contribution is 7.19. The lowest BCUT2D eigenvalue weighted by Crippen LogP contribution is -2.30. The van der Waals surface area contributed by atoms with Crippen molar-refractivity contribution in [1.29, 1.82) is 0 Å². The zero-order chi connectivity index (χ0) is 16.8. The van der Waals surface area contributed by atoms with Crippen molar-refractivity contribution in [2.24, 2.45) is 0 Å². The van der Waals surface area contributed by atoms with Gasteiger partial charge in [0.15, 0.2) is 5.13 Å². The zero-order valence-corrected chi connectivity index (χ0v) is 14.0. The zero-order valence-electron chi connectivity index (χ0n) is 13.2. The van der Waals surface area contributed by atoms with E-state index in [9.17, 15) is 4.79 Å². The van der Waals surface area contributed by atoms with E-state index < -0.39 is 0 Å². The molecular formula is C17H17N5OS. The second kappa shape index (κ2) is 7.65. The summed E-state index contributed by atoms with van der Waals surface area (Å²) in [5.41, 5.74) is 3.07. The standard InChI is InChI=1S/C17H17N5OS/c1-12-15(14-5-9-19-10-6-14)24-17(21-12)22-16(23)20-11-4-13-2-7-18-8-3-13/h2-3,5-10H,4,11H2,1H3,(H2,20,21,22,23). The molecule has 122 valence electrons. The smallest absolute Gasteiger partial charge is 0.321 e. The molecule has 2 N–H and O–H groups in total. The molecule has 0 unspecified atom stereocenters. The number of thiazole rings is 1. The lowest BCUT2D eigenvalue weighted by molar-refractivity contribution is 0.252. The largest absolute Gasteiger partial charge is 0.337 e. The molecule has 2 amide bonds. The quantitative estimate of drug-likeness (QED) is 0.747. The van der Waals surface area contributed by atoms with Gasteiger partial charge in [0, 0.05) is 31.3 Å². The van der Waals surface area contributed by atoms with Crippen LogP contribution in [0.3, 0.4) is 0 Å². The molecule has 24 heavy (non-hydrogen) atoms. The van der Waals surface area contributed by atoms with E-state index in [1.54, 1.807) is 24.8 Å². The molecule has 0 atom stereocenters. The maximum Gasteiger partial charge on any atom is 0.321 e. The molecule has 0 aliphatic heterocycles. The van der Waals surface area contributed by atoms with Crippen LogP contribution in [0.25, 0.3) is 10.4 Å². The third-order valence-corrected chi connectivity index (χ3v) is 4.53. The summed E-state index contributed by atoms with van der Waals surface area (Å²) >= 11 is 1.45. The van der Waals surface area contributed by atoms with Gasteiger partial charge < -0.3 is 5.32 Å². The summed E-state index contributed by atoms with van der Waals surface area (Å²) in [4.78, 5) is 25.4. The maximum absolute atomic E-state index is 12.0. The lowest BCUT2D eigenvalue weighted by atomic mass is 10.2. The Morgan fingerprint density at radius 1 is 1.08 bits per heavy atom. The van der Waals surface area contributed by atoms with Crippen LogP contribution in [0.2, 0.25) is 0 Å². The number of anilines is 1. The van der Waals surface area contributed by atoms with Crippen molar-refractivity contribution >= 4 is 22.5 Å². The fourth-order valence-electron chi connectivity index (χ4n) is 2.23. The van der Waals surface area contributed by atoms with E-state index in [2.05, 4.69) is 25.6 Å². The van der Waals surface area contributed by atoms with Crippen molar-refractivity contribution < 1.29 is 4.79 Å². The fraction of sp³-hybridized carbons (Fsp3) is 0.176. The Morgan fingerprint density at radius 2 is 1.75 bits per heavy atom. The van der Waals surface area contributed by atoms with Crippen LogP contribution < -0.4 is 10.6 Å². The molecule has 3 aromatic heterocycles. The average Bonchev–Trinajstić information content (AvgIpc) is 2.97. The first-order valence-electron chi connectivity index (χ1n) is 7.54. The number of amides is 2. The van der Waals surface area contributed by atoms with Gasteiger partial charge in [-0.25, -0.2) is 9.78 Å². The van der Waals surface area contributed by atoms with Crippen LogP contribution in [0.15, 0.2) is 49.1 Å². The highest BCUT2D eigenvalue weighted by atomic mass is 32.1. The Balaban J connectivity index is 1.55. The van der Waals surface area contributed by atoms with Crippen LogP contribution in [0.5, 0.6) is 0 Å². The van der Waals surface area contributed by atoms with Gasteiger partial charge in [-0.2, -0.15) is 0 Å². The molecule has 0 saturated heterocycles. The van der Waals surface area contributed by atoms with Gasteiger partial charge in [0.1, 0.15) is 0 Å². The first-order chi connectivity index (χ1) is 11.7. The van der Waals surface area contributed by atoms with E-state index >= 15 is 0 Å². The number of nitrogens with one attached hydrogen (secondary N) is 2. The van der Waals surface area contributed by atoms with Gasteiger partial charge in [-0.1, -0.05) is 11.3 Å². The van der Waals surface area contributed by atoms with Gasteiger partial charge in [-0.05, 0) is 48.7 Å². The fourth-order valence-corrected chi connectivity index (χ4v) is 3.20. The first-order valence-corrected chi connectivity index (χ1v) is 8.35. The normalized spacial score (nSPS) is 10.4. The van der Waals surface area contributed by atoms with Crippen LogP contribution in [0, 0.1) is 6.92 Å². The minimum atomic E-state index is -0.251. The number of pyridine rings is 2. The van der Waals surface area contributed by atoms with E-state index in [1.807, 2.05) is 31.2 Å². The minimum Gasteiger partial charge on any atom is -0.337 e. The average molecular weight is 339 g/mol. The second-order valence-corrected chi connectivity index (χ2v) is 6.15. The van der Waals surface area contributed by atoms with Crippen molar-refractivity contribution in [1.82, 2.24) is 20.3 Å². The van der Waals surface area contributed by atoms with Crippen LogP contribution in [-0.4, -0.2) is 27.5 Å². The molecule has 0 aromatic carbocycles. The monoisotopic (exact) mass is 339 g/mol. The predicted octanol–water partition coefficient (Wildman–Crippen LogP) is 3.27. The van der Waals surface area contributed by atoms with E-state index in [0.29, 0.717) is 11.7 Å². The van der Waals surface area contributed by atoms with Crippen LogP contribution >= 0.6 is 11.3 Å². The van der Waals surface area contributed by atoms with E-state index in [1.165, 1.54) is 11.3 Å². The number of aryl methyl sites for hydroxylation is 1. The number of carbonyl (C=O) groups excluding carboxylic acids is 1. The number of aromatic nitrogens is 3.